The number of carbonyl (C=O) groups is 2. The molecule has 4 aromatic rings. The second-order valence-electron chi connectivity index (χ2n) is 8.22. The molecule has 0 bridgehead atoms. The van der Waals surface area contributed by atoms with Crippen molar-refractivity contribution in [3.8, 4) is 6.07 Å². The summed E-state index contributed by atoms with van der Waals surface area (Å²) in [4.78, 5) is 27.1. The zero-order valence-corrected chi connectivity index (χ0v) is 19.5. The van der Waals surface area contributed by atoms with Crippen molar-refractivity contribution in [2.45, 2.75) is 33.2 Å². The van der Waals surface area contributed by atoms with E-state index in [0.717, 1.165) is 23.1 Å². The van der Waals surface area contributed by atoms with E-state index < -0.39 is 0 Å². The van der Waals surface area contributed by atoms with Crippen LogP contribution in [-0.2, 0) is 11.3 Å². The highest BCUT2D eigenvalue weighted by Gasteiger charge is 2.15. The summed E-state index contributed by atoms with van der Waals surface area (Å²) in [5.74, 6) is -0.161. The summed E-state index contributed by atoms with van der Waals surface area (Å²) in [6.07, 6.45) is 0.894. The van der Waals surface area contributed by atoms with Crippen molar-refractivity contribution in [2.75, 3.05) is 18.4 Å². The maximum absolute atomic E-state index is 12.7. The number of carbonyl (C=O) groups excluding carboxylic acids is 2. The van der Waals surface area contributed by atoms with Crippen LogP contribution in [0.2, 0.25) is 0 Å². The number of hydrogen-bond donors (Lipinski definition) is 1. The molecule has 1 N–H and O–H groups in total. The number of para-hydroxylation sites is 1. The Bertz CT molecular complexity index is 1380. The van der Waals surface area contributed by atoms with Gasteiger partial charge in [-0.2, -0.15) is 5.26 Å². The van der Waals surface area contributed by atoms with Crippen LogP contribution in [0.25, 0.3) is 21.8 Å². The van der Waals surface area contributed by atoms with Crippen LogP contribution in [0.5, 0.6) is 0 Å². The van der Waals surface area contributed by atoms with Crippen molar-refractivity contribution < 1.29 is 9.59 Å². The molecule has 6 nitrogen and oxygen atoms in total. The largest absolute Gasteiger partial charge is 0.341 e. The topological polar surface area (TPSA) is 78.1 Å². The summed E-state index contributed by atoms with van der Waals surface area (Å²) in [6, 6.07) is 23.0. The molecule has 0 aliphatic rings. The van der Waals surface area contributed by atoms with Gasteiger partial charge in [-0.25, -0.2) is 0 Å². The fourth-order valence-electron chi connectivity index (χ4n) is 4.40. The molecule has 0 saturated carbocycles. The lowest BCUT2D eigenvalue weighted by Gasteiger charge is -2.21. The number of nitrogens with one attached hydrogen (secondary N) is 1. The zero-order valence-electron chi connectivity index (χ0n) is 19.5. The molecule has 0 unspecified atom stereocenters. The van der Waals surface area contributed by atoms with Gasteiger partial charge in [0.25, 0.3) is 5.91 Å². The fraction of sp³-hybridized carbons (Fsp3) is 0.250. The predicted octanol–water partition coefficient (Wildman–Crippen LogP) is 5.57. The van der Waals surface area contributed by atoms with Crippen LogP contribution >= 0.6 is 0 Å². The first kappa shape index (κ1) is 23.1. The number of rotatable bonds is 8. The Morgan fingerprint density at radius 1 is 0.971 bits per heavy atom. The van der Waals surface area contributed by atoms with Crippen molar-refractivity contribution in [1.29, 1.82) is 5.26 Å². The molecule has 0 radical (unpaired) electrons. The maximum atomic E-state index is 12.7. The molecule has 3 aromatic carbocycles. The third kappa shape index (κ3) is 4.65. The van der Waals surface area contributed by atoms with E-state index in [1.807, 2.05) is 31.2 Å². The quantitative estimate of drug-likeness (QED) is 0.380. The van der Waals surface area contributed by atoms with Gasteiger partial charge in [-0.3, -0.25) is 9.59 Å². The SMILES string of the molecule is CCN(CCCC(=O)Nc1ccc2c(c1)c1ccccc1n2CC)C(=O)c1ccc(C#N)cc1. The Kier molecular flexibility index (Phi) is 6.93. The summed E-state index contributed by atoms with van der Waals surface area (Å²) in [6.45, 7) is 5.98. The minimum Gasteiger partial charge on any atom is -0.341 e. The number of aryl methyl sites for hydroxylation is 1. The average Bonchev–Trinajstić information content (AvgIpc) is 3.19. The number of amides is 2. The van der Waals surface area contributed by atoms with Gasteiger partial charge >= 0.3 is 0 Å². The first-order valence-electron chi connectivity index (χ1n) is 11.7. The standard InChI is InChI=1S/C28H28N4O2/c1-3-31(28(34)21-13-11-20(19-29)12-14-21)17-7-10-27(33)30-22-15-16-26-24(18-22)23-8-5-6-9-25(23)32(26)4-2/h5-6,8-9,11-16,18H,3-4,7,10,17H2,1-2H3,(H,30,33). The summed E-state index contributed by atoms with van der Waals surface area (Å²) in [5.41, 5.74) is 4.19. The van der Waals surface area contributed by atoms with E-state index in [0.29, 0.717) is 37.1 Å². The minimum absolute atomic E-state index is 0.0690. The monoisotopic (exact) mass is 452 g/mol. The van der Waals surface area contributed by atoms with E-state index in [4.69, 9.17) is 5.26 Å². The third-order valence-electron chi connectivity index (χ3n) is 6.13. The first-order valence-corrected chi connectivity index (χ1v) is 11.7. The lowest BCUT2D eigenvalue weighted by molar-refractivity contribution is -0.116. The van der Waals surface area contributed by atoms with E-state index >= 15 is 0 Å². The van der Waals surface area contributed by atoms with Crippen LogP contribution < -0.4 is 5.32 Å². The van der Waals surface area contributed by atoms with Gasteiger partial charge in [-0.15, -0.1) is 0 Å². The van der Waals surface area contributed by atoms with E-state index in [1.54, 1.807) is 29.2 Å². The molecule has 0 aliphatic carbocycles. The number of nitriles is 1. The van der Waals surface area contributed by atoms with Gasteiger partial charge in [-0.05, 0) is 68.8 Å². The van der Waals surface area contributed by atoms with Crippen molar-refractivity contribution in [3.05, 3.63) is 77.9 Å². The number of nitrogens with zero attached hydrogens (tertiary/aromatic N) is 3. The highest BCUT2D eigenvalue weighted by atomic mass is 16.2. The number of fused-ring (bicyclic) bond motifs is 3. The molecule has 0 aliphatic heterocycles. The number of aromatic nitrogens is 1. The van der Waals surface area contributed by atoms with Crippen LogP contribution in [-0.4, -0.2) is 34.4 Å². The van der Waals surface area contributed by atoms with Gasteiger partial charge in [0.05, 0.1) is 11.6 Å². The molecular formula is C28H28N4O2. The molecule has 0 atom stereocenters. The van der Waals surface area contributed by atoms with Gasteiger partial charge in [0.15, 0.2) is 0 Å². The van der Waals surface area contributed by atoms with E-state index in [9.17, 15) is 9.59 Å². The highest BCUT2D eigenvalue weighted by Crippen LogP contribution is 2.31. The zero-order chi connectivity index (χ0) is 24.1. The molecule has 6 heteroatoms. The second kappa shape index (κ2) is 10.2. The van der Waals surface area contributed by atoms with Crippen molar-refractivity contribution in [1.82, 2.24) is 9.47 Å². The van der Waals surface area contributed by atoms with Crippen molar-refractivity contribution in [2.24, 2.45) is 0 Å². The Balaban J connectivity index is 1.38. The Morgan fingerprint density at radius 3 is 2.41 bits per heavy atom. The molecule has 0 spiro atoms. The summed E-state index contributed by atoms with van der Waals surface area (Å²) < 4.78 is 2.28. The lowest BCUT2D eigenvalue weighted by atomic mass is 10.1. The van der Waals surface area contributed by atoms with Gasteiger partial charge < -0.3 is 14.8 Å². The van der Waals surface area contributed by atoms with E-state index in [1.165, 1.54) is 10.9 Å². The van der Waals surface area contributed by atoms with E-state index in [-0.39, 0.29) is 11.8 Å². The van der Waals surface area contributed by atoms with Crippen LogP contribution in [0.4, 0.5) is 5.69 Å². The Hall–Kier alpha value is -4.11. The van der Waals surface area contributed by atoms with Gasteiger partial charge in [0, 0.05) is 59.1 Å². The highest BCUT2D eigenvalue weighted by molar-refractivity contribution is 6.09. The maximum Gasteiger partial charge on any atom is 0.253 e. The number of benzene rings is 3. The first-order chi connectivity index (χ1) is 16.5. The predicted molar refractivity (Wildman–Crippen MR) is 136 cm³/mol. The van der Waals surface area contributed by atoms with Crippen LogP contribution in [0, 0.1) is 11.3 Å². The minimum atomic E-state index is -0.0924. The Labute approximate surface area is 199 Å². The second-order valence-corrected chi connectivity index (χ2v) is 8.22. The molecule has 34 heavy (non-hydrogen) atoms. The normalized spacial score (nSPS) is 10.9. The van der Waals surface area contributed by atoms with Crippen LogP contribution in [0.1, 0.15) is 42.6 Å². The number of hydrogen-bond acceptors (Lipinski definition) is 3. The summed E-state index contributed by atoms with van der Waals surface area (Å²) in [5, 5.41) is 14.2. The Morgan fingerprint density at radius 2 is 1.71 bits per heavy atom. The molecule has 2 amide bonds. The number of anilines is 1. The average molecular weight is 453 g/mol. The van der Waals surface area contributed by atoms with Gasteiger partial charge in [0.2, 0.25) is 5.91 Å². The fourth-order valence-corrected chi connectivity index (χ4v) is 4.40. The molecule has 0 fully saturated rings. The molecule has 4 rings (SSSR count). The molecular weight excluding hydrogens is 424 g/mol. The molecule has 1 aromatic heterocycles. The lowest BCUT2D eigenvalue weighted by Crippen LogP contribution is -2.32. The van der Waals surface area contributed by atoms with E-state index in [2.05, 4.69) is 41.1 Å². The molecule has 172 valence electrons. The third-order valence-corrected chi connectivity index (χ3v) is 6.13. The molecule has 1 heterocycles. The van der Waals surface area contributed by atoms with Gasteiger partial charge in [-0.1, -0.05) is 18.2 Å². The summed E-state index contributed by atoms with van der Waals surface area (Å²) >= 11 is 0. The van der Waals surface area contributed by atoms with Crippen molar-refractivity contribution >= 4 is 39.3 Å². The molecule has 0 saturated heterocycles. The van der Waals surface area contributed by atoms with Gasteiger partial charge in [0.1, 0.15) is 0 Å². The van der Waals surface area contributed by atoms with Crippen molar-refractivity contribution in [3.63, 3.8) is 0 Å². The van der Waals surface area contributed by atoms with Crippen LogP contribution in [0.3, 0.4) is 0 Å². The van der Waals surface area contributed by atoms with Crippen LogP contribution in [0.15, 0.2) is 66.7 Å². The smallest absolute Gasteiger partial charge is 0.253 e. The summed E-state index contributed by atoms with van der Waals surface area (Å²) in [7, 11) is 0.